The summed E-state index contributed by atoms with van der Waals surface area (Å²) in [6, 6.07) is 7.14. The van der Waals surface area contributed by atoms with Crippen LogP contribution in [0.15, 0.2) is 48.6 Å². The molecule has 0 bridgehead atoms. The summed E-state index contributed by atoms with van der Waals surface area (Å²) in [6.45, 7) is 3.56. The maximum Gasteiger partial charge on any atom is 0.334 e. The molecule has 1 aromatic rings. The van der Waals surface area contributed by atoms with Crippen molar-refractivity contribution in [2.45, 2.75) is 51.2 Å². The highest BCUT2D eigenvalue weighted by atomic mass is 16.5. The number of hydrogen-bond donors (Lipinski definition) is 0. The second kappa shape index (κ2) is 12.5. The monoisotopic (exact) mass is 416 g/mol. The van der Waals surface area contributed by atoms with Crippen molar-refractivity contribution in [3.63, 3.8) is 0 Å². The Morgan fingerprint density at radius 2 is 1.77 bits per heavy atom. The second-order valence-corrected chi connectivity index (χ2v) is 6.99. The van der Waals surface area contributed by atoms with E-state index in [-0.39, 0.29) is 31.3 Å². The van der Waals surface area contributed by atoms with Crippen molar-refractivity contribution in [3.05, 3.63) is 54.1 Å². The molecule has 0 amide bonds. The Hall–Kier alpha value is -3.09. The fourth-order valence-electron chi connectivity index (χ4n) is 2.95. The smallest absolute Gasteiger partial charge is 0.334 e. The Morgan fingerprint density at radius 3 is 2.43 bits per heavy atom. The largest absolute Gasteiger partial charge is 0.497 e. The van der Waals surface area contributed by atoms with Gasteiger partial charge in [0.05, 0.1) is 13.5 Å². The molecule has 0 spiro atoms. The lowest BCUT2D eigenvalue weighted by Crippen LogP contribution is -2.22. The van der Waals surface area contributed by atoms with Crippen LogP contribution in [0.25, 0.3) is 0 Å². The van der Waals surface area contributed by atoms with Crippen LogP contribution in [0.3, 0.4) is 0 Å². The van der Waals surface area contributed by atoms with Gasteiger partial charge < -0.3 is 18.9 Å². The van der Waals surface area contributed by atoms with Gasteiger partial charge in [0.15, 0.2) is 0 Å². The SMILES string of the molecule is C=C(CC(=O)OC1CCCCC1)C(=O)OCC=CC(=O)OCc1ccc(OC)cc1. The van der Waals surface area contributed by atoms with E-state index < -0.39 is 17.9 Å². The number of esters is 3. The molecule has 2 rings (SSSR count). The zero-order valence-electron chi connectivity index (χ0n) is 17.3. The Kier molecular flexibility index (Phi) is 9.64. The molecule has 1 fully saturated rings. The molecule has 0 aliphatic heterocycles. The summed E-state index contributed by atoms with van der Waals surface area (Å²) in [5.74, 6) is -1.01. The van der Waals surface area contributed by atoms with E-state index in [4.69, 9.17) is 18.9 Å². The first-order valence-electron chi connectivity index (χ1n) is 9.98. The van der Waals surface area contributed by atoms with Gasteiger partial charge in [-0.3, -0.25) is 4.79 Å². The van der Waals surface area contributed by atoms with Crippen LogP contribution in [0, 0.1) is 0 Å². The third-order valence-corrected chi connectivity index (χ3v) is 4.60. The number of methoxy groups -OCH3 is 1. The van der Waals surface area contributed by atoms with Gasteiger partial charge in [-0.25, -0.2) is 9.59 Å². The minimum atomic E-state index is -0.702. The minimum Gasteiger partial charge on any atom is -0.497 e. The van der Waals surface area contributed by atoms with Gasteiger partial charge in [0.25, 0.3) is 0 Å². The highest BCUT2D eigenvalue weighted by Crippen LogP contribution is 2.21. The summed E-state index contributed by atoms with van der Waals surface area (Å²) in [4.78, 5) is 35.5. The molecule has 0 saturated heterocycles. The first-order chi connectivity index (χ1) is 14.5. The number of ether oxygens (including phenoxy) is 4. The van der Waals surface area contributed by atoms with Crippen molar-refractivity contribution in [2.75, 3.05) is 13.7 Å². The van der Waals surface area contributed by atoms with Crippen LogP contribution in [0.4, 0.5) is 0 Å². The van der Waals surface area contributed by atoms with Crippen molar-refractivity contribution < 1.29 is 33.3 Å². The van der Waals surface area contributed by atoms with Crippen LogP contribution in [0.5, 0.6) is 5.75 Å². The molecular weight excluding hydrogens is 388 g/mol. The molecule has 7 nitrogen and oxygen atoms in total. The maximum absolute atomic E-state index is 11.9. The fourth-order valence-corrected chi connectivity index (χ4v) is 2.95. The van der Waals surface area contributed by atoms with Gasteiger partial charge >= 0.3 is 17.9 Å². The lowest BCUT2D eigenvalue weighted by Gasteiger charge is -2.21. The predicted octanol–water partition coefficient (Wildman–Crippen LogP) is 3.66. The molecule has 0 aromatic heterocycles. The summed E-state index contributed by atoms with van der Waals surface area (Å²) in [5, 5.41) is 0. The van der Waals surface area contributed by atoms with Crippen molar-refractivity contribution in [1.82, 2.24) is 0 Å². The van der Waals surface area contributed by atoms with E-state index in [1.54, 1.807) is 31.4 Å². The van der Waals surface area contributed by atoms with Crippen molar-refractivity contribution >= 4 is 17.9 Å². The van der Waals surface area contributed by atoms with Gasteiger partial charge in [0, 0.05) is 11.6 Å². The van der Waals surface area contributed by atoms with E-state index in [9.17, 15) is 14.4 Å². The summed E-state index contributed by atoms with van der Waals surface area (Å²) >= 11 is 0. The Morgan fingerprint density at radius 1 is 1.07 bits per heavy atom. The average molecular weight is 416 g/mol. The highest BCUT2D eigenvalue weighted by molar-refractivity contribution is 5.93. The normalized spacial score (nSPS) is 14.2. The quantitative estimate of drug-likeness (QED) is 0.327. The predicted molar refractivity (Wildman–Crippen MR) is 110 cm³/mol. The topological polar surface area (TPSA) is 88.1 Å². The molecule has 1 saturated carbocycles. The van der Waals surface area contributed by atoms with Gasteiger partial charge in [-0.05, 0) is 49.5 Å². The van der Waals surface area contributed by atoms with E-state index in [0.29, 0.717) is 0 Å². The Labute approximate surface area is 176 Å². The standard InChI is InChI=1S/C23H28O7/c1-17(15-22(25)30-20-7-4-3-5-8-20)23(26)28-14-6-9-21(24)29-16-18-10-12-19(27-2)13-11-18/h6,9-13,20H,1,3-5,7-8,14-16H2,2H3. The van der Waals surface area contributed by atoms with E-state index in [1.165, 1.54) is 12.2 Å². The van der Waals surface area contributed by atoms with Crippen molar-refractivity contribution in [2.24, 2.45) is 0 Å². The zero-order chi connectivity index (χ0) is 21.8. The lowest BCUT2D eigenvalue weighted by molar-refractivity contribution is -0.151. The van der Waals surface area contributed by atoms with Crippen molar-refractivity contribution in [1.29, 1.82) is 0 Å². The average Bonchev–Trinajstić information content (AvgIpc) is 2.76. The molecule has 0 heterocycles. The van der Waals surface area contributed by atoms with E-state index in [0.717, 1.165) is 43.4 Å². The first kappa shape index (κ1) is 23.2. The molecule has 162 valence electrons. The van der Waals surface area contributed by atoms with Crippen LogP contribution in [0.2, 0.25) is 0 Å². The molecule has 1 aliphatic carbocycles. The number of carbonyl (C=O) groups excluding carboxylic acids is 3. The minimum absolute atomic E-state index is 0.0197. The van der Waals surface area contributed by atoms with Crippen LogP contribution >= 0.6 is 0 Å². The molecule has 1 aromatic carbocycles. The number of carbonyl (C=O) groups is 3. The summed E-state index contributed by atoms with van der Waals surface area (Å²) in [5.41, 5.74) is 0.840. The van der Waals surface area contributed by atoms with E-state index >= 15 is 0 Å². The zero-order valence-corrected chi connectivity index (χ0v) is 17.3. The maximum atomic E-state index is 11.9. The first-order valence-corrected chi connectivity index (χ1v) is 9.98. The fraction of sp³-hybridized carbons (Fsp3) is 0.435. The van der Waals surface area contributed by atoms with E-state index in [2.05, 4.69) is 6.58 Å². The summed E-state index contributed by atoms with van der Waals surface area (Å²) in [6.07, 6.45) is 7.26. The van der Waals surface area contributed by atoms with Crippen LogP contribution in [-0.2, 0) is 35.2 Å². The molecule has 0 unspecified atom stereocenters. The van der Waals surface area contributed by atoms with Crippen LogP contribution < -0.4 is 4.74 Å². The number of rotatable bonds is 10. The van der Waals surface area contributed by atoms with Gasteiger partial charge in [-0.2, -0.15) is 0 Å². The molecule has 1 aliphatic rings. The summed E-state index contributed by atoms with van der Waals surface area (Å²) in [7, 11) is 1.57. The Bertz CT molecular complexity index is 758. The van der Waals surface area contributed by atoms with Crippen molar-refractivity contribution in [3.8, 4) is 5.75 Å². The lowest BCUT2D eigenvalue weighted by atomic mass is 9.98. The molecule has 30 heavy (non-hydrogen) atoms. The third kappa shape index (κ3) is 8.51. The van der Waals surface area contributed by atoms with Gasteiger partial charge in [0.2, 0.25) is 0 Å². The highest BCUT2D eigenvalue weighted by Gasteiger charge is 2.20. The van der Waals surface area contributed by atoms with E-state index in [1.807, 2.05) is 0 Å². The molecule has 0 radical (unpaired) electrons. The molecular formula is C23H28O7. The Balaban J connectivity index is 1.62. The number of benzene rings is 1. The molecule has 0 atom stereocenters. The van der Waals surface area contributed by atoms with Gasteiger partial charge in [-0.15, -0.1) is 0 Å². The molecule has 7 heteroatoms. The number of hydrogen-bond acceptors (Lipinski definition) is 7. The molecule has 0 N–H and O–H groups in total. The van der Waals surface area contributed by atoms with Crippen LogP contribution in [0.1, 0.15) is 44.1 Å². The third-order valence-electron chi connectivity index (χ3n) is 4.60. The van der Waals surface area contributed by atoms with Gasteiger partial charge in [0.1, 0.15) is 25.1 Å². The second-order valence-electron chi connectivity index (χ2n) is 6.99. The van der Waals surface area contributed by atoms with Gasteiger partial charge in [-0.1, -0.05) is 25.1 Å². The van der Waals surface area contributed by atoms with Crippen LogP contribution in [-0.4, -0.2) is 37.7 Å². The summed E-state index contributed by atoms with van der Waals surface area (Å²) < 4.78 is 20.5.